The third-order valence-corrected chi connectivity index (χ3v) is 4.82. The van der Waals surface area contributed by atoms with Gasteiger partial charge in [-0.3, -0.25) is 4.79 Å². The number of piperidine rings is 1. The van der Waals surface area contributed by atoms with Crippen LogP contribution in [0.4, 0.5) is 4.79 Å². The van der Waals surface area contributed by atoms with E-state index in [4.69, 9.17) is 0 Å². The van der Waals surface area contributed by atoms with E-state index in [1.165, 1.54) is 12.8 Å². The lowest BCUT2D eigenvalue weighted by molar-refractivity contribution is -0.150. The molecule has 1 aliphatic carbocycles. The van der Waals surface area contributed by atoms with Gasteiger partial charge >= 0.3 is 12.0 Å². The van der Waals surface area contributed by atoms with E-state index < -0.39 is 11.4 Å². The minimum Gasteiger partial charge on any atom is -0.481 e. The zero-order valence-electron chi connectivity index (χ0n) is 11.9. The highest BCUT2D eigenvalue weighted by molar-refractivity contribution is 5.78. The van der Waals surface area contributed by atoms with Gasteiger partial charge in [-0.2, -0.15) is 0 Å². The number of likely N-dealkylation sites (tertiary alicyclic amines) is 1. The maximum Gasteiger partial charge on any atom is 0.317 e. The van der Waals surface area contributed by atoms with E-state index >= 15 is 0 Å². The third kappa shape index (κ3) is 3.01. The molecule has 2 amide bonds. The average molecular weight is 268 g/mol. The van der Waals surface area contributed by atoms with Crippen molar-refractivity contribution in [3.05, 3.63) is 0 Å². The van der Waals surface area contributed by atoms with Crippen molar-refractivity contribution < 1.29 is 14.7 Å². The Hall–Kier alpha value is -1.26. The van der Waals surface area contributed by atoms with Crippen molar-refractivity contribution in [1.29, 1.82) is 0 Å². The summed E-state index contributed by atoms with van der Waals surface area (Å²) in [4.78, 5) is 25.0. The van der Waals surface area contributed by atoms with Crippen molar-refractivity contribution in [2.24, 2.45) is 10.8 Å². The predicted molar refractivity (Wildman–Crippen MR) is 71.9 cm³/mol. The first-order valence-electron chi connectivity index (χ1n) is 7.17. The smallest absolute Gasteiger partial charge is 0.317 e. The van der Waals surface area contributed by atoms with Gasteiger partial charge in [0.25, 0.3) is 0 Å². The lowest BCUT2D eigenvalue weighted by atomic mass is 9.82. The molecule has 2 rings (SSSR count). The molecule has 1 heterocycles. The van der Waals surface area contributed by atoms with Crippen LogP contribution in [-0.4, -0.2) is 41.6 Å². The Morgan fingerprint density at radius 1 is 1.32 bits per heavy atom. The van der Waals surface area contributed by atoms with Crippen molar-refractivity contribution in [2.45, 2.75) is 46.0 Å². The van der Waals surface area contributed by atoms with E-state index in [0.717, 1.165) is 19.4 Å². The summed E-state index contributed by atoms with van der Waals surface area (Å²) in [6, 6.07) is -0.105. The number of urea groups is 1. The molecule has 0 aromatic heterocycles. The monoisotopic (exact) mass is 268 g/mol. The van der Waals surface area contributed by atoms with Crippen LogP contribution in [0.3, 0.4) is 0 Å². The third-order valence-electron chi connectivity index (χ3n) is 4.82. The van der Waals surface area contributed by atoms with Gasteiger partial charge in [0.15, 0.2) is 0 Å². The van der Waals surface area contributed by atoms with Crippen LogP contribution < -0.4 is 5.32 Å². The van der Waals surface area contributed by atoms with Gasteiger partial charge in [-0.05, 0) is 44.4 Å². The molecule has 1 unspecified atom stereocenters. The Kier molecular flexibility index (Phi) is 3.74. The molecule has 0 bridgehead atoms. The summed E-state index contributed by atoms with van der Waals surface area (Å²) in [7, 11) is 0. The van der Waals surface area contributed by atoms with Crippen molar-refractivity contribution in [3.63, 3.8) is 0 Å². The molecule has 2 fully saturated rings. The Balaban J connectivity index is 1.87. The van der Waals surface area contributed by atoms with Gasteiger partial charge in [0.2, 0.25) is 0 Å². The second-order valence-corrected chi connectivity index (χ2v) is 6.40. The van der Waals surface area contributed by atoms with Crippen molar-refractivity contribution >= 4 is 12.0 Å². The molecule has 5 nitrogen and oxygen atoms in total. The molecule has 2 aliphatic rings. The Morgan fingerprint density at radius 2 is 2.00 bits per heavy atom. The van der Waals surface area contributed by atoms with Crippen LogP contribution in [0.15, 0.2) is 0 Å². The van der Waals surface area contributed by atoms with Crippen molar-refractivity contribution in [3.8, 4) is 0 Å². The lowest BCUT2D eigenvalue weighted by Gasteiger charge is -2.37. The quantitative estimate of drug-likeness (QED) is 0.820. The van der Waals surface area contributed by atoms with E-state index in [2.05, 4.69) is 12.2 Å². The SMILES string of the molecule is CCC1(CNC(=O)N2CCCC(C)(C(=O)O)C2)CC1. The Labute approximate surface area is 114 Å². The van der Waals surface area contributed by atoms with E-state index in [0.29, 0.717) is 24.9 Å². The van der Waals surface area contributed by atoms with Gasteiger partial charge in [0.05, 0.1) is 5.41 Å². The molecular weight excluding hydrogens is 244 g/mol. The molecular formula is C14H24N2O3. The van der Waals surface area contributed by atoms with Gasteiger partial charge in [0.1, 0.15) is 0 Å². The number of aliphatic carboxylic acids is 1. The van der Waals surface area contributed by atoms with E-state index in [1.54, 1.807) is 11.8 Å². The average Bonchev–Trinajstić information content (AvgIpc) is 3.16. The van der Waals surface area contributed by atoms with E-state index in [-0.39, 0.29) is 6.03 Å². The number of carbonyl (C=O) groups excluding carboxylic acids is 1. The number of carboxylic acids is 1. The molecule has 0 radical (unpaired) electrons. The zero-order valence-corrected chi connectivity index (χ0v) is 11.9. The summed E-state index contributed by atoms with van der Waals surface area (Å²) < 4.78 is 0. The molecule has 2 N–H and O–H groups in total. The molecule has 0 aromatic carbocycles. The predicted octanol–water partition coefficient (Wildman–Crippen LogP) is 2.07. The van der Waals surface area contributed by atoms with E-state index in [1.807, 2.05) is 0 Å². The maximum absolute atomic E-state index is 12.1. The van der Waals surface area contributed by atoms with Crippen LogP contribution in [0.1, 0.15) is 46.0 Å². The highest BCUT2D eigenvalue weighted by Gasteiger charge is 2.42. The fourth-order valence-corrected chi connectivity index (χ4v) is 2.79. The molecule has 0 aromatic rings. The molecule has 1 saturated carbocycles. The largest absolute Gasteiger partial charge is 0.481 e. The normalized spacial score (nSPS) is 28.8. The minimum absolute atomic E-state index is 0.105. The van der Waals surface area contributed by atoms with Crippen LogP contribution in [-0.2, 0) is 4.79 Å². The van der Waals surface area contributed by atoms with Gasteiger partial charge in [-0.1, -0.05) is 6.92 Å². The highest BCUT2D eigenvalue weighted by atomic mass is 16.4. The van der Waals surface area contributed by atoms with Crippen LogP contribution >= 0.6 is 0 Å². The maximum atomic E-state index is 12.1. The van der Waals surface area contributed by atoms with Crippen LogP contribution in [0, 0.1) is 10.8 Å². The summed E-state index contributed by atoms with van der Waals surface area (Å²) in [6.45, 7) is 5.58. The van der Waals surface area contributed by atoms with Gasteiger partial charge in [-0.25, -0.2) is 4.79 Å². The molecule has 19 heavy (non-hydrogen) atoms. The van der Waals surface area contributed by atoms with Gasteiger partial charge in [-0.15, -0.1) is 0 Å². The van der Waals surface area contributed by atoms with Gasteiger partial charge < -0.3 is 15.3 Å². The van der Waals surface area contributed by atoms with E-state index in [9.17, 15) is 14.7 Å². The molecule has 1 aliphatic heterocycles. The number of rotatable bonds is 4. The second-order valence-electron chi connectivity index (χ2n) is 6.40. The number of carbonyl (C=O) groups is 2. The number of carboxylic acid groups (broad SMARTS) is 1. The molecule has 1 saturated heterocycles. The number of nitrogens with zero attached hydrogens (tertiary/aromatic N) is 1. The second kappa shape index (κ2) is 5.02. The topological polar surface area (TPSA) is 69.6 Å². The fraction of sp³-hybridized carbons (Fsp3) is 0.857. The van der Waals surface area contributed by atoms with Crippen LogP contribution in [0.5, 0.6) is 0 Å². The van der Waals surface area contributed by atoms with Crippen LogP contribution in [0.25, 0.3) is 0 Å². The van der Waals surface area contributed by atoms with Gasteiger partial charge in [0, 0.05) is 19.6 Å². The summed E-state index contributed by atoms with van der Waals surface area (Å²) >= 11 is 0. The summed E-state index contributed by atoms with van der Waals surface area (Å²) in [5.41, 5.74) is -0.473. The first-order valence-corrected chi connectivity index (χ1v) is 7.17. The first-order chi connectivity index (χ1) is 8.91. The summed E-state index contributed by atoms with van der Waals surface area (Å²) in [5, 5.41) is 12.2. The summed E-state index contributed by atoms with van der Waals surface area (Å²) in [6.07, 6.45) is 4.88. The fourth-order valence-electron chi connectivity index (χ4n) is 2.79. The zero-order chi connectivity index (χ0) is 14.1. The number of hydrogen-bond donors (Lipinski definition) is 2. The lowest BCUT2D eigenvalue weighted by Crippen LogP contribution is -2.52. The van der Waals surface area contributed by atoms with Crippen LogP contribution in [0.2, 0.25) is 0 Å². The summed E-state index contributed by atoms with van der Waals surface area (Å²) in [5.74, 6) is -0.808. The molecule has 0 spiro atoms. The van der Waals surface area contributed by atoms with Crippen molar-refractivity contribution in [2.75, 3.05) is 19.6 Å². The minimum atomic E-state index is -0.808. The molecule has 108 valence electrons. The number of hydrogen-bond acceptors (Lipinski definition) is 2. The molecule has 1 atom stereocenters. The first kappa shape index (κ1) is 14.2. The number of amides is 2. The highest BCUT2D eigenvalue weighted by Crippen LogP contribution is 2.47. The Morgan fingerprint density at radius 3 is 2.53 bits per heavy atom. The Bertz CT molecular complexity index is 379. The number of nitrogens with one attached hydrogen (secondary N) is 1. The molecule has 5 heteroatoms. The van der Waals surface area contributed by atoms with Crippen molar-refractivity contribution in [1.82, 2.24) is 10.2 Å². The standard InChI is InChI=1S/C14H24N2O3/c1-3-14(6-7-14)9-15-12(19)16-8-4-5-13(2,10-16)11(17)18/h3-10H2,1-2H3,(H,15,19)(H,17,18).